The van der Waals surface area contributed by atoms with Gasteiger partial charge in [0.15, 0.2) is 6.10 Å². The summed E-state index contributed by atoms with van der Waals surface area (Å²) < 4.78 is 5.77. The lowest BCUT2D eigenvalue weighted by Gasteiger charge is -2.35. The molecule has 0 bridgehead atoms. The fourth-order valence-corrected chi connectivity index (χ4v) is 3.04. The minimum Gasteiger partial charge on any atom is -0.476 e. The standard InChI is InChI=1S/C19H19N3O5/c1-12-13(7-6-9-14(12)22(25)26)18(23)21-11-17(19(24)20(2)3)27-16-10-5-4-8-15(16)21/h4-10,17H,11H2,1-3H3/t17-/m1/s1. The second kappa shape index (κ2) is 7.06. The number of anilines is 1. The molecule has 0 fully saturated rings. The number of amides is 2. The minimum atomic E-state index is -0.849. The molecular weight excluding hydrogens is 350 g/mol. The zero-order chi connectivity index (χ0) is 19.7. The normalized spacial score (nSPS) is 15.5. The van der Waals surface area contributed by atoms with Crippen molar-refractivity contribution in [1.29, 1.82) is 0 Å². The van der Waals surface area contributed by atoms with E-state index in [4.69, 9.17) is 4.74 Å². The monoisotopic (exact) mass is 369 g/mol. The van der Waals surface area contributed by atoms with Crippen molar-refractivity contribution in [3.05, 3.63) is 63.7 Å². The lowest BCUT2D eigenvalue weighted by Crippen LogP contribution is -2.50. The summed E-state index contributed by atoms with van der Waals surface area (Å²) in [4.78, 5) is 39.1. The van der Waals surface area contributed by atoms with Crippen LogP contribution in [0.5, 0.6) is 5.75 Å². The summed E-state index contributed by atoms with van der Waals surface area (Å²) in [5, 5.41) is 11.2. The number of para-hydroxylation sites is 2. The van der Waals surface area contributed by atoms with Gasteiger partial charge in [0.2, 0.25) is 0 Å². The second-order valence-electron chi connectivity index (χ2n) is 6.43. The van der Waals surface area contributed by atoms with Crippen molar-refractivity contribution < 1.29 is 19.2 Å². The Morgan fingerprint density at radius 1 is 1.19 bits per heavy atom. The van der Waals surface area contributed by atoms with Crippen molar-refractivity contribution in [3.63, 3.8) is 0 Å². The van der Waals surface area contributed by atoms with Crippen LogP contribution in [0, 0.1) is 17.0 Å². The summed E-state index contributed by atoms with van der Waals surface area (Å²) in [6, 6.07) is 11.3. The van der Waals surface area contributed by atoms with Crippen LogP contribution >= 0.6 is 0 Å². The number of hydrogen-bond donors (Lipinski definition) is 0. The summed E-state index contributed by atoms with van der Waals surface area (Å²) in [6.45, 7) is 1.56. The molecule has 8 heteroatoms. The van der Waals surface area contributed by atoms with Crippen LogP contribution in [0.15, 0.2) is 42.5 Å². The fourth-order valence-electron chi connectivity index (χ4n) is 3.04. The topological polar surface area (TPSA) is 93.0 Å². The molecule has 3 rings (SSSR count). The predicted molar refractivity (Wildman–Crippen MR) is 99.1 cm³/mol. The number of fused-ring (bicyclic) bond motifs is 1. The Hall–Kier alpha value is -3.42. The molecule has 2 aromatic carbocycles. The molecule has 0 saturated carbocycles. The van der Waals surface area contributed by atoms with Gasteiger partial charge < -0.3 is 14.5 Å². The van der Waals surface area contributed by atoms with Crippen molar-refractivity contribution in [3.8, 4) is 5.75 Å². The van der Waals surface area contributed by atoms with E-state index in [-0.39, 0.29) is 29.3 Å². The van der Waals surface area contributed by atoms with Gasteiger partial charge in [-0.1, -0.05) is 18.2 Å². The van der Waals surface area contributed by atoms with Crippen molar-refractivity contribution in [2.75, 3.05) is 25.5 Å². The molecule has 0 saturated heterocycles. The first-order valence-corrected chi connectivity index (χ1v) is 8.34. The van der Waals surface area contributed by atoms with Gasteiger partial charge in [0.05, 0.1) is 17.2 Å². The molecule has 2 amide bonds. The Kier molecular flexibility index (Phi) is 4.81. The van der Waals surface area contributed by atoms with E-state index in [9.17, 15) is 19.7 Å². The predicted octanol–water partition coefficient (Wildman–Crippen LogP) is 2.40. The van der Waals surface area contributed by atoms with E-state index in [2.05, 4.69) is 0 Å². The van der Waals surface area contributed by atoms with Gasteiger partial charge in [-0.15, -0.1) is 0 Å². The van der Waals surface area contributed by atoms with E-state index in [0.717, 1.165) is 0 Å². The van der Waals surface area contributed by atoms with Crippen LogP contribution in [0.3, 0.4) is 0 Å². The van der Waals surface area contributed by atoms with Crippen molar-refractivity contribution >= 4 is 23.2 Å². The molecule has 0 aliphatic carbocycles. The molecule has 1 aliphatic rings. The van der Waals surface area contributed by atoms with Crippen LogP contribution in [-0.4, -0.2) is 48.4 Å². The number of rotatable bonds is 3. The van der Waals surface area contributed by atoms with Gasteiger partial charge in [0.25, 0.3) is 17.5 Å². The highest BCUT2D eigenvalue weighted by Crippen LogP contribution is 2.35. The van der Waals surface area contributed by atoms with E-state index in [1.807, 2.05) is 0 Å². The van der Waals surface area contributed by atoms with E-state index in [1.54, 1.807) is 51.4 Å². The number of ether oxygens (including phenoxy) is 1. The molecule has 1 heterocycles. The summed E-state index contributed by atoms with van der Waals surface area (Å²) in [5.41, 5.74) is 0.906. The number of likely N-dealkylation sites (N-methyl/N-ethyl adjacent to an activating group) is 1. The Bertz CT molecular complexity index is 925. The van der Waals surface area contributed by atoms with Gasteiger partial charge in [-0.3, -0.25) is 19.7 Å². The maximum atomic E-state index is 13.2. The molecule has 27 heavy (non-hydrogen) atoms. The van der Waals surface area contributed by atoms with Crippen LogP contribution in [-0.2, 0) is 4.79 Å². The third-order valence-electron chi connectivity index (χ3n) is 4.47. The number of hydrogen-bond acceptors (Lipinski definition) is 5. The quantitative estimate of drug-likeness (QED) is 0.612. The van der Waals surface area contributed by atoms with Gasteiger partial charge in [-0.05, 0) is 25.1 Å². The first-order valence-electron chi connectivity index (χ1n) is 8.34. The lowest BCUT2D eigenvalue weighted by atomic mass is 10.0. The van der Waals surface area contributed by atoms with E-state index < -0.39 is 16.9 Å². The van der Waals surface area contributed by atoms with Crippen LogP contribution in [0.4, 0.5) is 11.4 Å². The molecule has 0 aromatic heterocycles. The number of carbonyl (C=O) groups excluding carboxylic acids is 2. The van der Waals surface area contributed by atoms with Crippen molar-refractivity contribution in [2.45, 2.75) is 13.0 Å². The fraction of sp³-hybridized carbons (Fsp3) is 0.263. The molecule has 0 spiro atoms. The third-order valence-corrected chi connectivity index (χ3v) is 4.47. The first kappa shape index (κ1) is 18.4. The highest BCUT2D eigenvalue weighted by molar-refractivity contribution is 6.09. The largest absolute Gasteiger partial charge is 0.476 e. The number of nitrogens with zero attached hydrogens (tertiary/aromatic N) is 3. The van der Waals surface area contributed by atoms with Crippen LogP contribution < -0.4 is 9.64 Å². The first-order chi connectivity index (χ1) is 12.8. The Balaban J connectivity index is 2.04. The third kappa shape index (κ3) is 3.33. The summed E-state index contributed by atoms with van der Waals surface area (Å²) >= 11 is 0. The maximum absolute atomic E-state index is 13.2. The number of benzene rings is 2. The van der Waals surface area contributed by atoms with Gasteiger partial charge >= 0.3 is 0 Å². The van der Waals surface area contributed by atoms with Gasteiger partial charge in [-0.2, -0.15) is 0 Å². The smallest absolute Gasteiger partial charge is 0.273 e. The SMILES string of the molecule is Cc1c(C(=O)N2C[C@H](C(=O)N(C)C)Oc3ccccc32)cccc1[N+](=O)[O-]. The molecule has 1 atom stereocenters. The Morgan fingerprint density at radius 3 is 2.56 bits per heavy atom. The average molecular weight is 369 g/mol. The lowest BCUT2D eigenvalue weighted by molar-refractivity contribution is -0.385. The van der Waals surface area contributed by atoms with Crippen molar-refractivity contribution in [2.24, 2.45) is 0 Å². The zero-order valence-corrected chi connectivity index (χ0v) is 15.2. The zero-order valence-electron chi connectivity index (χ0n) is 15.2. The minimum absolute atomic E-state index is 0.0228. The molecule has 1 aliphatic heterocycles. The highest BCUT2D eigenvalue weighted by atomic mass is 16.6. The van der Waals surface area contributed by atoms with E-state index in [0.29, 0.717) is 11.4 Å². The number of carbonyl (C=O) groups is 2. The molecule has 2 aromatic rings. The van der Waals surface area contributed by atoms with E-state index >= 15 is 0 Å². The van der Waals surface area contributed by atoms with Crippen LogP contribution in [0.1, 0.15) is 15.9 Å². The molecule has 140 valence electrons. The van der Waals surface area contributed by atoms with Crippen molar-refractivity contribution in [1.82, 2.24) is 4.90 Å². The number of nitro groups is 1. The summed E-state index contributed by atoms with van der Waals surface area (Å²) in [6.07, 6.45) is -0.849. The molecular formula is C19H19N3O5. The average Bonchev–Trinajstić information content (AvgIpc) is 2.65. The highest BCUT2D eigenvalue weighted by Gasteiger charge is 2.35. The number of nitro benzene ring substituents is 1. The molecule has 8 nitrogen and oxygen atoms in total. The summed E-state index contributed by atoms with van der Waals surface area (Å²) in [5.74, 6) is -0.262. The maximum Gasteiger partial charge on any atom is 0.273 e. The second-order valence-corrected chi connectivity index (χ2v) is 6.43. The van der Waals surface area contributed by atoms with Gasteiger partial charge in [0.1, 0.15) is 5.75 Å². The molecule has 0 radical (unpaired) electrons. The Labute approximate surface area is 156 Å². The van der Waals surface area contributed by atoms with Gasteiger partial charge in [0, 0.05) is 31.3 Å². The summed E-state index contributed by atoms with van der Waals surface area (Å²) in [7, 11) is 3.23. The van der Waals surface area contributed by atoms with E-state index in [1.165, 1.54) is 21.9 Å². The van der Waals surface area contributed by atoms with Crippen LogP contribution in [0.25, 0.3) is 0 Å². The molecule has 0 unspecified atom stereocenters. The Morgan fingerprint density at radius 2 is 1.89 bits per heavy atom. The molecule has 0 N–H and O–H groups in total. The van der Waals surface area contributed by atoms with Gasteiger partial charge in [-0.25, -0.2) is 0 Å². The van der Waals surface area contributed by atoms with Crippen LogP contribution in [0.2, 0.25) is 0 Å².